The summed E-state index contributed by atoms with van der Waals surface area (Å²) in [4.78, 5) is 31.9. The number of nitrogens with zero attached hydrogens (tertiary/aromatic N) is 2. The Balaban J connectivity index is 1.46. The number of anilines is 2. The Morgan fingerprint density at radius 2 is 1.80 bits per heavy atom. The molecule has 1 aliphatic rings. The third-order valence-electron chi connectivity index (χ3n) is 6.03. The van der Waals surface area contributed by atoms with E-state index in [0.717, 1.165) is 11.1 Å². The minimum absolute atomic E-state index is 0.000791. The van der Waals surface area contributed by atoms with Crippen molar-refractivity contribution in [1.29, 1.82) is 0 Å². The summed E-state index contributed by atoms with van der Waals surface area (Å²) in [7, 11) is -3.87. The molecule has 1 aliphatic heterocycles. The Morgan fingerprint density at radius 3 is 2.54 bits per heavy atom. The van der Waals surface area contributed by atoms with Crippen molar-refractivity contribution in [2.24, 2.45) is 5.92 Å². The van der Waals surface area contributed by atoms with Gasteiger partial charge in [0.25, 0.3) is 15.9 Å². The van der Waals surface area contributed by atoms with Gasteiger partial charge in [0.15, 0.2) is 0 Å². The highest BCUT2D eigenvalue weighted by molar-refractivity contribution is 7.92. The zero-order valence-corrected chi connectivity index (χ0v) is 20.5. The molecule has 1 fully saturated rings. The van der Waals surface area contributed by atoms with Crippen LogP contribution in [0, 0.1) is 19.8 Å². The lowest BCUT2D eigenvalue weighted by molar-refractivity contribution is -0.121. The third kappa shape index (κ3) is 5.86. The molecule has 2 N–H and O–H groups in total. The van der Waals surface area contributed by atoms with Gasteiger partial charge in [0.2, 0.25) is 5.91 Å². The lowest BCUT2D eigenvalue weighted by Gasteiger charge is -2.32. The van der Waals surface area contributed by atoms with E-state index in [2.05, 4.69) is 15.0 Å². The smallest absolute Gasteiger partial charge is 0.261 e. The van der Waals surface area contributed by atoms with E-state index in [9.17, 15) is 18.0 Å². The Morgan fingerprint density at radius 1 is 1.03 bits per heavy atom. The van der Waals surface area contributed by atoms with Gasteiger partial charge in [-0.1, -0.05) is 29.8 Å². The minimum atomic E-state index is -3.87. The first-order chi connectivity index (χ1) is 16.7. The second kappa shape index (κ2) is 10.3. The van der Waals surface area contributed by atoms with E-state index >= 15 is 0 Å². The van der Waals surface area contributed by atoms with Crippen LogP contribution in [-0.2, 0) is 14.8 Å². The Hall–Kier alpha value is -3.72. The van der Waals surface area contributed by atoms with Gasteiger partial charge < -0.3 is 10.2 Å². The van der Waals surface area contributed by atoms with Crippen LogP contribution < -0.4 is 10.0 Å². The van der Waals surface area contributed by atoms with Crippen molar-refractivity contribution in [2.45, 2.75) is 31.6 Å². The number of nitrogens with one attached hydrogen (secondary N) is 2. The number of rotatable bonds is 6. The molecule has 4 rings (SSSR count). The summed E-state index contributed by atoms with van der Waals surface area (Å²) >= 11 is 0. The standard InChI is InChI=1S/C26H28N4O4S/c1-18-10-12-22(13-11-18)29-35(33,34)23-9-3-7-20(16-23)26(32)30-15-5-8-21(17-30)25(31)28-24-19(2)6-4-14-27-24/h3-4,6-7,9-14,16,21,29H,5,8,15,17H2,1-2H3,(H,27,28,31). The molecule has 182 valence electrons. The first kappa shape index (κ1) is 24.4. The number of pyridine rings is 1. The van der Waals surface area contributed by atoms with Gasteiger partial charge >= 0.3 is 0 Å². The van der Waals surface area contributed by atoms with Crippen LogP contribution >= 0.6 is 0 Å². The Bertz CT molecular complexity index is 1340. The Kier molecular flexibility index (Phi) is 7.16. The number of aromatic nitrogens is 1. The van der Waals surface area contributed by atoms with E-state index in [0.29, 0.717) is 30.9 Å². The summed E-state index contributed by atoms with van der Waals surface area (Å²) in [6.45, 7) is 4.55. The van der Waals surface area contributed by atoms with Gasteiger partial charge in [0.1, 0.15) is 5.82 Å². The van der Waals surface area contributed by atoms with Gasteiger partial charge in [-0.2, -0.15) is 0 Å². The first-order valence-corrected chi connectivity index (χ1v) is 12.9. The van der Waals surface area contributed by atoms with Gasteiger partial charge in [0.05, 0.1) is 10.8 Å². The van der Waals surface area contributed by atoms with Crippen LogP contribution in [0.5, 0.6) is 0 Å². The molecule has 0 spiro atoms. The van der Waals surface area contributed by atoms with Crippen LogP contribution in [-0.4, -0.2) is 43.2 Å². The molecule has 35 heavy (non-hydrogen) atoms. The molecule has 1 unspecified atom stereocenters. The third-order valence-corrected chi connectivity index (χ3v) is 7.40. The average molecular weight is 493 g/mol. The van der Waals surface area contributed by atoms with Gasteiger partial charge in [-0.3, -0.25) is 14.3 Å². The summed E-state index contributed by atoms with van der Waals surface area (Å²) in [6.07, 6.45) is 2.96. The number of carbonyl (C=O) groups excluding carboxylic acids is 2. The van der Waals surface area contributed by atoms with E-state index in [1.807, 2.05) is 32.0 Å². The van der Waals surface area contributed by atoms with Crippen LogP contribution in [0.15, 0.2) is 71.8 Å². The molecule has 0 bridgehead atoms. The SMILES string of the molecule is Cc1ccc(NS(=O)(=O)c2cccc(C(=O)N3CCCC(C(=O)Nc4ncccc4C)C3)c2)cc1. The highest BCUT2D eigenvalue weighted by atomic mass is 32.2. The first-order valence-electron chi connectivity index (χ1n) is 11.4. The zero-order valence-electron chi connectivity index (χ0n) is 19.7. The van der Waals surface area contributed by atoms with Crippen molar-refractivity contribution >= 4 is 33.3 Å². The number of hydrogen-bond acceptors (Lipinski definition) is 5. The summed E-state index contributed by atoms with van der Waals surface area (Å²) in [5, 5.41) is 2.86. The van der Waals surface area contributed by atoms with Crippen molar-refractivity contribution < 1.29 is 18.0 Å². The second-order valence-corrected chi connectivity index (χ2v) is 10.4. The fraction of sp³-hybridized carbons (Fsp3) is 0.269. The fourth-order valence-corrected chi connectivity index (χ4v) is 5.13. The zero-order chi connectivity index (χ0) is 25.0. The summed E-state index contributed by atoms with van der Waals surface area (Å²) in [5.74, 6) is -0.337. The predicted octanol–water partition coefficient (Wildman–Crippen LogP) is 3.99. The van der Waals surface area contributed by atoms with Crippen molar-refractivity contribution in [3.63, 3.8) is 0 Å². The molecule has 1 aromatic heterocycles. The highest BCUT2D eigenvalue weighted by Crippen LogP contribution is 2.23. The highest BCUT2D eigenvalue weighted by Gasteiger charge is 2.30. The molecule has 2 heterocycles. The fourth-order valence-electron chi connectivity index (χ4n) is 4.03. The molecule has 0 aliphatic carbocycles. The minimum Gasteiger partial charge on any atom is -0.338 e. The maximum Gasteiger partial charge on any atom is 0.261 e. The predicted molar refractivity (Wildman–Crippen MR) is 135 cm³/mol. The normalized spacial score (nSPS) is 15.9. The molecule has 2 amide bonds. The Labute approximate surface area is 205 Å². The molecule has 3 aromatic rings. The maximum atomic E-state index is 13.2. The quantitative estimate of drug-likeness (QED) is 0.541. The lowest BCUT2D eigenvalue weighted by atomic mass is 9.96. The summed E-state index contributed by atoms with van der Waals surface area (Å²) < 4.78 is 28.3. The molecule has 0 saturated carbocycles. The molecular formula is C26H28N4O4S. The number of piperidine rings is 1. The molecule has 0 radical (unpaired) electrons. The number of amides is 2. The lowest BCUT2D eigenvalue weighted by Crippen LogP contribution is -2.43. The van der Waals surface area contributed by atoms with E-state index in [1.54, 1.807) is 41.4 Å². The van der Waals surface area contributed by atoms with Crippen LogP contribution in [0.3, 0.4) is 0 Å². The maximum absolute atomic E-state index is 13.2. The van der Waals surface area contributed by atoms with E-state index in [1.165, 1.54) is 12.1 Å². The van der Waals surface area contributed by atoms with Gasteiger partial charge in [-0.25, -0.2) is 13.4 Å². The van der Waals surface area contributed by atoms with Crippen molar-refractivity contribution in [1.82, 2.24) is 9.88 Å². The van der Waals surface area contributed by atoms with Crippen molar-refractivity contribution in [3.05, 3.63) is 83.6 Å². The topological polar surface area (TPSA) is 108 Å². The molecular weight excluding hydrogens is 464 g/mol. The average Bonchev–Trinajstić information content (AvgIpc) is 2.86. The van der Waals surface area contributed by atoms with E-state index in [-0.39, 0.29) is 34.7 Å². The summed E-state index contributed by atoms with van der Waals surface area (Å²) in [6, 6.07) is 16.6. The van der Waals surface area contributed by atoms with Crippen LogP contribution in [0.25, 0.3) is 0 Å². The molecule has 1 atom stereocenters. The number of hydrogen-bond donors (Lipinski definition) is 2. The molecule has 8 nitrogen and oxygen atoms in total. The van der Waals surface area contributed by atoms with E-state index < -0.39 is 10.0 Å². The number of carbonyl (C=O) groups is 2. The number of sulfonamides is 1. The van der Waals surface area contributed by atoms with Crippen molar-refractivity contribution in [2.75, 3.05) is 23.1 Å². The number of aryl methyl sites for hydroxylation is 2. The summed E-state index contributed by atoms with van der Waals surface area (Å²) in [5.41, 5.74) is 2.59. The van der Waals surface area contributed by atoms with Crippen LogP contribution in [0.4, 0.5) is 11.5 Å². The monoisotopic (exact) mass is 492 g/mol. The molecule has 9 heteroatoms. The second-order valence-electron chi connectivity index (χ2n) is 8.75. The largest absolute Gasteiger partial charge is 0.338 e. The van der Waals surface area contributed by atoms with Gasteiger partial charge in [0, 0.05) is 30.5 Å². The van der Waals surface area contributed by atoms with E-state index in [4.69, 9.17) is 0 Å². The van der Waals surface area contributed by atoms with Gasteiger partial charge in [-0.15, -0.1) is 0 Å². The molecule has 1 saturated heterocycles. The molecule has 2 aromatic carbocycles. The van der Waals surface area contributed by atoms with Crippen LogP contribution in [0.1, 0.15) is 34.3 Å². The van der Waals surface area contributed by atoms with Gasteiger partial charge in [-0.05, 0) is 68.7 Å². The van der Waals surface area contributed by atoms with Crippen molar-refractivity contribution in [3.8, 4) is 0 Å². The number of likely N-dealkylation sites (tertiary alicyclic amines) is 1. The van der Waals surface area contributed by atoms with Crippen LogP contribution in [0.2, 0.25) is 0 Å². The number of benzene rings is 2.